The lowest BCUT2D eigenvalue weighted by atomic mass is 9.85. The Kier molecular flexibility index (Phi) is 10.4. The second-order valence-corrected chi connectivity index (χ2v) is 14.8. The monoisotopic (exact) mass is 678 g/mol. The zero-order valence-electron chi connectivity index (χ0n) is 27.9. The van der Waals surface area contributed by atoms with Gasteiger partial charge in [0.1, 0.15) is 24.1 Å². The molecule has 256 valence electrons. The SMILES string of the molecule is Cc1ncsc1-c1ccc(CNC(=O)[C@@H]2C[C@@H](O)CN2C(=O)[C@@H](NC(=O)C2(F)CC2)C(C)(C)C)c(OCC(C)c2ccc(C=O)cc2)c1. The van der Waals surface area contributed by atoms with Crippen LogP contribution in [-0.2, 0) is 20.9 Å². The first-order valence-corrected chi connectivity index (χ1v) is 17.1. The lowest BCUT2D eigenvalue weighted by Gasteiger charge is -2.35. The number of aldehydes is 1. The Hall–Kier alpha value is -4.16. The summed E-state index contributed by atoms with van der Waals surface area (Å²) in [7, 11) is 0. The van der Waals surface area contributed by atoms with Gasteiger partial charge in [0.2, 0.25) is 11.8 Å². The van der Waals surface area contributed by atoms with Crippen LogP contribution in [0.1, 0.15) is 80.1 Å². The number of nitrogens with one attached hydrogen (secondary N) is 2. The fourth-order valence-electron chi connectivity index (χ4n) is 5.79. The van der Waals surface area contributed by atoms with E-state index in [4.69, 9.17) is 4.74 Å². The molecular formula is C36H43FN4O6S. The second kappa shape index (κ2) is 14.1. The maximum Gasteiger partial charge on any atom is 0.258 e. The van der Waals surface area contributed by atoms with E-state index >= 15 is 0 Å². The first-order chi connectivity index (χ1) is 22.7. The van der Waals surface area contributed by atoms with Crippen LogP contribution in [0.3, 0.4) is 0 Å². The van der Waals surface area contributed by atoms with Crippen LogP contribution in [0.25, 0.3) is 10.4 Å². The maximum absolute atomic E-state index is 14.5. The highest BCUT2D eigenvalue weighted by atomic mass is 32.1. The predicted molar refractivity (Wildman–Crippen MR) is 180 cm³/mol. The second-order valence-electron chi connectivity index (χ2n) is 13.9. The van der Waals surface area contributed by atoms with E-state index in [1.807, 2.05) is 44.2 Å². The number of hydrogen-bond donors (Lipinski definition) is 3. The average molecular weight is 679 g/mol. The molecule has 2 aromatic carbocycles. The van der Waals surface area contributed by atoms with Crippen LogP contribution >= 0.6 is 11.3 Å². The van der Waals surface area contributed by atoms with Gasteiger partial charge in [0, 0.05) is 36.6 Å². The van der Waals surface area contributed by atoms with Crippen molar-refractivity contribution in [3.05, 3.63) is 70.4 Å². The minimum Gasteiger partial charge on any atom is -0.493 e. The fourth-order valence-corrected chi connectivity index (χ4v) is 6.59. The summed E-state index contributed by atoms with van der Waals surface area (Å²) in [4.78, 5) is 57.7. The first-order valence-electron chi connectivity index (χ1n) is 16.2. The van der Waals surface area contributed by atoms with Crippen molar-refractivity contribution in [1.29, 1.82) is 0 Å². The highest BCUT2D eigenvalue weighted by molar-refractivity contribution is 7.13. The van der Waals surface area contributed by atoms with Crippen LogP contribution < -0.4 is 15.4 Å². The van der Waals surface area contributed by atoms with Crippen molar-refractivity contribution in [2.24, 2.45) is 5.41 Å². The van der Waals surface area contributed by atoms with Crippen molar-refractivity contribution >= 4 is 35.3 Å². The number of alkyl halides is 1. The number of benzene rings is 2. The molecule has 2 fully saturated rings. The smallest absolute Gasteiger partial charge is 0.258 e. The third-order valence-electron chi connectivity index (χ3n) is 9.01. The molecule has 1 aliphatic heterocycles. The summed E-state index contributed by atoms with van der Waals surface area (Å²) in [6, 6.07) is 11.0. The van der Waals surface area contributed by atoms with Crippen molar-refractivity contribution in [1.82, 2.24) is 20.5 Å². The van der Waals surface area contributed by atoms with Crippen molar-refractivity contribution < 1.29 is 33.4 Å². The number of amides is 3. The van der Waals surface area contributed by atoms with Gasteiger partial charge in [0.15, 0.2) is 5.67 Å². The molecule has 1 saturated carbocycles. The lowest BCUT2D eigenvalue weighted by Crippen LogP contribution is -2.59. The van der Waals surface area contributed by atoms with Gasteiger partial charge in [-0.25, -0.2) is 9.37 Å². The van der Waals surface area contributed by atoms with Crippen molar-refractivity contribution in [2.75, 3.05) is 13.2 Å². The van der Waals surface area contributed by atoms with E-state index in [1.165, 1.54) is 16.2 Å². The molecule has 3 amide bonds. The molecule has 4 atom stereocenters. The van der Waals surface area contributed by atoms with Crippen molar-refractivity contribution in [3.63, 3.8) is 0 Å². The number of nitrogens with zero attached hydrogens (tertiary/aromatic N) is 2. The molecule has 0 spiro atoms. The number of aliphatic hydroxyl groups excluding tert-OH is 1. The molecule has 0 bridgehead atoms. The number of aryl methyl sites for hydroxylation is 1. The van der Waals surface area contributed by atoms with Gasteiger partial charge in [-0.3, -0.25) is 19.2 Å². The Labute approximate surface area is 284 Å². The van der Waals surface area contributed by atoms with Crippen LogP contribution in [0.5, 0.6) is 5.75 Å². The normalized spacial score (nSPS) is 19.7. The van der Waals surface area contributed by atoms with Gasteiger partial charge < -0.3 is 25.4 Å². The summed E-state index contributed by atoms with van der Waals surface area (Å²) in [6.45, 7) is 9.59. The number of aliphatic hydroxyl groups is 1. The molecule has 5 rings (SSSR count). The molecule has 3 aromatic rings. The van der Waals surface area contributed by atoms with E-state index in [0.29, 0.717) is 23.5 Å². The van der Waals surface area contributed by atoms with E-state index in [9.17, 15) is 28.7 Å². The van der Waals surface area contributed by atoms with Gasteiger partial charge in [-0.05, 0) is 42.4 Å². The third kappa shape index (κ3) is 7.92. The van der Waals surface area contributed by atoms with E-state index in [1.54, 1.807) is 38.4 Å². The number of halogens is 1. The molecule has 12 heteroatoms. The van der Waals surface area contributed by atoms with Gasteiger partial charge in [-0.1, -0.05) is 64.1 Å². The number of β-amino-alcohol motifs (C(OH)–C–C–N with tert-alkyl or cyclic N) is 1. The zero-order valence-corrected chi connectivity index (χ0v) is 28.7. The number of carbonyl (C=O) groups is 4. The average Bonchev–Trinajstić information content (AvgIpc) is 3.47. The van der Waals surface area contributed by atoms with Crippen LogP contribution in [-0.4, -0.2) is 76.0 Å². The molecule has 2 aliphatic rings. The molecule has 0 radical (unpaired) electrons. The van der Waals surface area contributed by atoms with Crippen molar-refractivity contribution in [2.45, 2.75) is 90.2 Å². The van der Waals surface area contributed by atoms with Crippen LogP contribution in [0.15, 0.2) is 48.0 Å². The quantitative estimate of drug-likeness (QED) is 0.236. The topological polar surface area (TPSA) is 138 Å². The molecular weight excluding hydrogens is 635 g/mol. The number of carbonyl (C=O) groups excluding carboxylic acids is 4. The standard InChI is InChI=1S/C36H43FN4O6S/c1-21(24-8-6-23(18-42)7-9-24)19-47-29-14-25(30-22(2)39-20-48-30)10-11-26(29)16-38-32(44)28-15-27(43)17-41(28)33(45)31(35(3,4)5)40-34(46)36(37)12-13-36/h6-11,14,18,20-21,27-28,31,43H,12-13,15-17,19H2,1-5H3,(H,38,44)(H,40,46)/t21?,27-,28+,31-/m1/s1. The highest BCUT2D eigenvalue weighted by Gasteiger charge is 2.53. The fraction of sp³-hybridized carbons (Fsp3) is 0.472. The first kappa shape index (κ1) is 35.2. The highest BCUT2D eigenvalue weighted by Crippen LogP contribution is 2.40. The predicted octanol–water partition coefficient (Wildman–Crippen LogP) is 4.72. The summed E-state index contributed by atoms with van der Waals surface area (Å²) < 4.78 is 20.9. The minimum atomic E-state index is -1.96. The van der Waals surface area contributed by atoms with Gasteiger partial charge in [-0.15, -0.1) is 11.3 Å². The van der Waals surface area contributed by atoms with Crippen LogP contribution in [0.2, 0.25) is 0 Å². The number of rotatable bonds is 12. The number of hydrogen-bond acceptors (Lipinski definition) is 8. The minimum absolute atomic E-state index is 0.00456. The van der Waals surface area contributed by atoms with Gasteiger partial charge in [0.25, 0.3) is 5.91 Å². The largest absolute Gasteiger partial charge is 0.493 e. The Morgan fingerprint density at radius 1 is 1.19 bits per heavy atom. The molecule has 1 aromatic heterocycles. The maximum atomic E-state index is 14.5. The summed E-state index contributed by atoms with van der Waals surface area (Å²) in [5.41, 5.74) is 3.19. The zero-order chi connectivity index (χ0) is 34.8. The van der Waals surface area contributed by atoms with Crippen LogP contribution in [0, 0.1) is 12.3 Å². The molecule has 1 aliphatic carbocycles. The van der Waals surface area contributed by atoms with Gasteiger partial charge >= 0.3 is 0 Å². The van der Waals surface area contributed by atoms with Crippen molar-refractivity contribution in [3.8, 4) is 16.2 Å². The summed E-state index contributed by atoms with van der Waals surface area (Å²) in [5, 5.41) is 16.0. The summed E-state index contributed by atoms with van der Waals surface area (Å²) in [6.07, 6.45) is 0.126. The summed E-state index contributed by atoms with van der Waals surface area (Å²) in [5.74, 6) is -1.24. The molecule has 1 saturated heterocycles. The summed E-state index contributed by atoms with van der Waals surface area (Å²) >= 11 is 1.52. The van der Waals surface area contributed by atoms with Crippen LogP contribution in [0.4, 0.5) is 4.39 Å². The molecule has 48 heavy (non-hydrogen) atoms. The molecule has 2 heterocycles. The van der Waals surface area contributed by atoms with E-state index < -0.39 is 47.0 Å². The Balaban J connectivity index is 1.32. The van der Waals surface area contributed by atoms with Gasteiger partial charge in [-0.2, -0.15) is 0 Å². The van der Waals surface area contributed by atoms with Gasteiger partial charge in [0.05, 0.1) is 28.8 Å². The molecule has 10 nitrogen and oxygen atoms in total. The number of thiazole rings is 1. The molecule has 1 unspecified atom stereocenters. The lowest BCUT2D eigenvalue weighted by molar-refractivity contribution is -0.145. The number of aromatic nitrogens is 1. The Morgan fingerprint density at radius 3 is 2.50 bits per heavy atom. The molecule has 3 N–H and O–H groups in total. The Morgan fingerprint density at radius 2 is 1.90 bits per heavy atom. The number of likely N-dealkylation sites (tertiary alicyclic amines) is 1. The van der Waals surface area contributed by atoms with E-state index in [-0.39, 0.29) is 38.3 Å². The third-order valence-corrected chi connectivity index (χ3v) is 9.99. The van der Waals surface area contributed by atoms with E-state index in [0.717, 1.165) is 28.0 Å². The number of ether oxygens (including phenoxy) is 1. The Bertz CT molecular complexity index is 1670. The van der Waals surface area contributed by atoms with E-state index in [2.05, 4.69) is 15.6 Å².